The van der Waals surface area contributed by atoms with Gasteiger partial charge in [-0.05, 0) is 6.92 Å². The summed E-state index contributed by atoms with van der Waals surface area (Å²) in [5.41, 5.74) is 0. The first-order valence-corrected chi connectivity index (χ1v) is 25.9. The van der Waals surface area contributed by atoms with Crippen molar-refractivity contribution < 1.29 is 168 Å². The average Bonchev–Trinajstić information content (AvgIpc) is 3.82. The minimum absolute atomic E-state index is 0.797. The van der Waals surface area contributed by atoms with Gasteiger partial charge in [0.2, 0.25) is 11.8 Å². The molecule has 7 aliphatic rings. The number of nitrogens with one attached hydrogen (secondary N) is 2. The average molecular weight is 1190 g/mol. The van der Waals surface area contributed by atoms with Crippen molar-refractivity contribution in [2.75, 3.05) is 39.6 Å². The Kier molecular flexibility index (Phi) is 23.2. The number of hydrogen-bond donors (Lipinski definition) is 21. The summed E-state index contributed by atoms with van der Waals surface area (Å²) in [6.07, 6.45) is -61.5. The molecule has 0 radical (unpaired) electrons. The van der Waals surface area contributed by atoms with Crippen LogP contribution in [0.25, 0.3) is 0 Å². The van der Waals surface area contributed by atoms with Gasteiger partial charge in [0.05, 0.1) is 45.7 Å². The third-order valence-corrected chi connectivity index (χ3v) is 14.9. The van der Waals surface area contributed by atoms with Crippen LogP contribution in [0.3, 0.4) is 0 Å². The van der Waals surface area contributed by atoms with Crippen LogP contribution in [0.1, 0.15) is 20.8 Å². The highest BCUT2D eigenvalue weighted by molar-refractivity contribution is 5.73. The van der Waals surface area contributed by atoms with Gasteiger partial charge >= 0.3 is 0 Å². The Morgan fingerprint density at radius 1 is 0.346 bits per heavy atom. The molecule has 34 atom stereocenters. The summed E-state index contributed by atoms with van der Waals surface area (Å²) in [6.45, 7) is -2.59. The maximum Gasteiger partial charge on any atom is 0.217 e. The van der Waals surface area contributed by atoms with E-state index in [1.165, 1.54) is 6.92 Å². The van der Waals surface area contributed by atoms with Gasteiger partial charge in [0.25, 0.3) is 0 Å². The Balaban J connectivity index is 1.25. The number of rotatable bonds is 20. The fourth-order valence-corrected chi connectivity index (χ4v) is 10.4. The predicted octanol–water partition coefficient (Wildman–Crippen LogP) is -14.3. The number of carbonyl (C=O) groups is 2. The third kappa shape index (κ3) is 14.2. The molecule has 470 valence electrons. The van der Waals surface area contributed by atoms with Crippen molar-refractivity contribution in [2.45, 2.75) is 229 Å². The van der Waals surface area contributed by atoms with Crippen molar-refractivity contribution in [1.29, 1.82) is 0 Å². The predicted molar refractivity (Wildman–Crippen MR) is 248 cm³/mol. The van der Waals surface area contributed by atoms with Gasteiger partial charge in [0.1, 0.15) is 159 Å². The summed E-state index contributed by atoms with van der Waals surface area (Å²) in [5.74, 6) is -1.70. The van der Waals surface area contributed by atoms with E-state index in [0.717, 1.165) is 13.8 Å². The molecular formula is C45H76N2O34. The van der Waals surface area contributed by atoms with Crippen molar-refractivity contribution in [2.24, 2.45) is 0 Å². The van der Waals surface area contributed by atoms with Crippen LogP contribution in [0.5, 0.6) is 0 Å². The third-order valence-electron chi connectivity index (χ3n) is 14.9. The molecule has 0 aromatic carbocycles. The van der Waals surface area contributed by atoms with Gasteiger partial charge in [-0.1, -0.05) is 0 Å². The Morgan fingerprint density at radius 3 is 1.26 bits per heavy atom. The number of hydrogen-bond acceptors (Lipinski definition) is 34. The second kappa shape index (κ2) is 28.4. The zero-order valence-corrected chi connectivity index (χ0v) is 43.5. The fourth-order valence-electron chi connectivity index (χ4n) is 10.4. The second-order valence-corrected chi connectivity index (χ2v) is 20.6. The van der Waals surface area contributed by atoms with Crippen molar-refractivity contribution in [3.8, 4) is 0 Å². The van der Waals surface area contributed by atoms with Gasteiger partial charge < -0.3 is 169 Å². The molecular weight excluding hydrogens is 1110 g/mol. The molecule has 1 unspecified atom stereocenters. The lowest BCUT2D eigenvalue weighted by molar-refractivity contribution is -0.399. The molecule has 0 aliphatic carbocycles. The number of amides is 2. The van der Waals surface area contributed by atoms with Crippen LogP contribution >= 0.6 is 0 Å². The lowest BCUT2D eigenvalue weighted by Gasteiger charge is -2.51. The molecule has 7 fully saturated rings. The van der Waals surface area contributed by atoms with Crippen LogP contribution in [0, 0.1) is 0 Å². The van der Waals surface area contributed by atoms with Crippen LogP contribution in [0.4, 0.5) is 0 Å². The quantitative estimate of drug-likeness (QED) is 0.0538. The highest BCUT2D eigenvalue weighted by atomic mass is 16.8. The highest BCUT2D eigenvalue weighted by Gasteiger charge is 2.59. The zero-order chi connectivity index (χ0) is 59.6. The minimum Gasteiger partial charge on any atom is -0.394 e. The van der Waals surface area contributed by atoms with Gasteiger partial charge in [0, 0.05) is 13.8 Å². The van der Waals surface area contributed by atoms with E-state index >= 15 is 0 Å². The molecule has 81 heavy (non-hydrogen) atoms. The van der Waals surface area contributed by atoms with E-state index in [1.54, 1.807) is 0 Å². The monoisotopic (exact) mass is 1190 g/mol. The van der Waals surface area contributed by atoms with Gasteiger partial charge in [0.15, 0.2) is 44.0 Å². The van der Waals surface area contributed by atoms with Gasteiger partial charge in [-0.25, -0.2) is 0 Å². The normalized spacial score (nSPS) is 50.7. The molecule has 7 rings (SSSR count). The first-order valence-electron chi connectivity index (χ1n) is 25.9. The Morgan fingerprint density at radius 2 is 0.728 bits per heavy atom. The van der Waals surface area contributed by atoms with E-state index in [9.17, 15) is 107 Å². The Bertz CT molecular complexity index is 1990. The smallest absolute Gasteiger partial charge is 0.217 e. The van der Waals surface area contributed by atoms with Gasteiger partial charge in [-0.3, -0.25) is 9.59 Å². The first kappa shape index (κ1) is 66.2. The summed E-state index contributed by atoms with van der Waals surface area (Å²) in [5, 5.41) is 210. The van der Waals surface area contributed by atoms with E-state index in [2.05, 4.69) is 10.6 Å². The second-order valence-electron chi connectivity index (χ2n) is 20.6. The molecule has 7 saturated heterocycles. The highest BCUT2D eigenvalue weighted by Crippen LogP contribution is 2.39. The zero-order valence-electron chi connectivity index (χ0n) is 43.5. The molecule has 0 aromatic heterocycles. The molecule has 21 N–H and O–H groups in total. The maximum absolute atomic E-state index is 13.0. The largest absolute Gasteiger partial charge is 0.394 e. The molecule has 2 amide bonds. The van der Waals surface area contributed by atoms with Crippen LogP contribution in [-0.2, 0) is 71.2 Å². The van der Waals surface area contributed by atoms with Gasteiger partial charge in [-0.15, -0.1) is 0 Å². The maximum atomic E-state index is 13.0. The lowest BCUT2D eigenvalue weighted by atomic mass is 9.93. The minimum atomic E-state index is -2.26. The molecule has 0 spiro atoms. The van der Waals surface area contributed by atoms with E-state index in [4.69, 9.17) is 61.6 Å². The molecule has 7 aliphatic heterocycles. The van der Waals surface area contributed by atoms with E-state index in [1.807, 2.05) is 0 Å². The van der Waals surface area contributed by atoms with Crippen molar-refractivity contribution in [3.63, 3.8) is 0 Å². The molecule has 0 saturated carbocycles. The van der Waals surface area contributed by atoms with Gasteiger partial charge in [-0.2, -0.15) is 0 Å². The molecule has 36 nitrogen and oxygen atoms in total. The Labute approximate surface area is 459 Å². The molecule has 0 aromatic rings. The van der Waals surface area contributed by atoms with Crippen LogP contribution in [-0.4, -0.2) is 357 Å². The number of carbonyl (C=O) groups excluding carboxylic acids is 2. The van der Waals surface area contributed by atoms with Crippen LogP contribution in [0.15, 0.2) is 0 Å². The summed E-state index contributed by atoms with van der Waals surface area (Å²) < 4.78 is 76.5. The van der Waals surface area contributed by atoms with Crippen molar-refractivity contribution in [1.82, 2.24) is 10.6 Å². The summed E-state index contributed by atoms with van der Waals surface area (Å²) in [6, 6.07) is -3.57. The topological polar surface area (TPSA) is 563 Å². The first-order chi connectivity index (χ1) is 38.3. The Hall–Kier alpha value is -2.34. The summed E-state index contributed by atoms with van der Waals surface area (Å²) in [4.78, 5) is 25.5. The fraction of sp³-hybridized carbons (Fsp3) is 0.956. The molecule has 0 bridgehead atoms. The molecule has 7 heterocycles. The van der Waals surface area contributed by atoms with E-state index in [0.29, 0.717) is 0 Å². The van der Waals surface area contributed by atoms with E-state index in [-0.39, 0.29) is 0 Å². The summed E-state index contributed by atoms with van der Waals surface area (Å²) >= 11 is 0. The standard InChI is InChI=1S/C45H76N2O34/c1-10-21(55)27(61)32(66)42(70-10)79-36-20(47-12(3)54)39(68)71-17(8-52)35(36)78-40-19(46-11(2)53)26(60)34(16(7-51)75-40)77-45-38(81-43-30(64)24(58)15(6-50)74-43)37(80-44-33(67)29(63)23(57)14(5-49)73-44)25(59)18(76-45)9-69-41-31(65)28(62)22(56)13(4-48)72-41/h10,13-45,48-52,55-68H,4-9H2,1-3H3,(H,46,53)(H,47,54)/t10-,13+,14+,15+,16+,17+,18+,19+,20+,21+,22+,23+,24-,25+,26+,27+,28-,29-,30+,31-,32-,33-,34+,35+,36+,37-,38-,39?,40-,41-,42-,43+,44+,45-/m0/s1. The molecule has 36 heteroatoms. The number of ether oxygens (including phenoxy) is 13. The SMILES string of the molecule is CC(=O)N[C@H]1[C@H](O[C@H]2[C@H](O[C@@H]3O[C@@H](C)[C@@H](O)[C@@H](O)[C@@H]3O)[C@@H](NC(C)=O)C(O)O[C@@H]2CO)O[C@H](CO)[C@@H](O[C@@H]2O[C@H](CO[C@H]3O[C@H](CO)[C@@H](O)[C@H](O)[C@@H]3O)[C@@H](O)[C@H](O[C@H]3O[C@H](CO)[C@@H](O)[C@H](O)[C@@H]3O)[C@@H]2O[C@H]2O[C@H](CO)[C@H](O)[C@H]2O)[C@@H]1O. The van der Waals surface area contributed by atoms with Crippen molar-refractivity contribution >= 4 is 11.8 Å². The van der Waals surface area contributed by atoms with Crippen LogP contribution in [0.2, 0.25) is 0 Å². The number of aliphatic hydroxyl groups excluding tert-OH is 19. The van der Waals surface area contributed by atoms with E-state index < -0.39 is 260 Å². The van der Waals surface area contributed by atoms with Crippen LogP contribution < -0.4 is 10.6 Å². The summed E-state index contributed by atoms with van der Waals surface area (Å²) in [7, 11) is 0. The van der Waals surface area contributed by atoms with Crippen molar-refractivity contribution in [3.05, 3.63) is 0 Å². The lowest BCUT2D eigenvalue weighted by Crippen LogP contribution is -2.71. The number of aliphatic hydroxyl groups is 19.